The molecular formula is C11H15BrF5NS. The Bertz CT molecular complexity index is 473. The van der Waals surface area contributed by atoms with Crippen LogP contribution in [0.5, 0.6) is 0 Å². The molecule has 1 nitrogen and oxygen atoms in total. The summed E-state index contributed by atoms with van der Waals surface area (Å²) in [6.07, 6.45) is 1.57. The van der Waals surface area contributed by atoms with Crippen LogP contribution in [0.15, 0.2) is 27.6 Å². The summed E-state index contributed by atoms with van der Waals surface area (Å²) in [6, 6.07) is 1.72. The summed E-state index contributed by atoms with van der Waals surface area (Å²) >= 11 is 3.05. The minimum absolute atomic E-state index is 0.0201. The Balaban J connectivity index is 3.16. The Morgan fingerprint density at radius 1 is 1.21 bits per heavy atom. The van der Waals surface area contributed by atoms with Crippen molar-refractivity contribution >= 4 is 31.8 Å². The molecule has 19 heavy (non-hydrogen) atoms. The van der Waals surface area contributed by atoms with E-state index in [4.69, 9.17) is 0 Å². The lowest BCUT2D eigenvalue weighted by atomic mass is 10.2. The molecule has 0 saturated carbocycles. The van der Waals surface area contributed by atoms with Gasteiger partial charge in [0.1, 0.15) is 4.90 Å². The fourth-order valence-corrected chi connectivity index (χ4v) is 2.65. The molecule has 0 aliphatic heterocycles. The average molecular weight is 368 g/mol. The predicted octanol–water partition coefficient (Wildman–Crippen LogP) is 6.71. The maximum Gasteiger partial charge on any atom is 0.310 e. The van der Waals surface area contributed by atoms with Crippen molar-refractivity contribution in [2.24, 2.45) is 0 Å². The number of hydrogen-bond donors (Lipinski definition) is 1. The highest BCUT2D eigenvalue weighted by Gasteiger charge is 2.65. The number of benzene rings is 1. The van der Waals surface area contributed by atoms with Crippen molar-refractivity contribution in [2.75, 3.05) is 5.32 Å². The van der Waals surface area contributed by atoms with Crippen molar-refractivity contribution < 1.29 is 19.4 Å². The van der Waals surface area contributed by atoms with Gasteiger partial charge in [-0.1, -0.05) is 32.8 Å². The summed E-state index contributed by atoms with van der Waals surface area (Å²) in [5.41, 5.74) is 0.0201. The zero-order chi connectivity index (χ0) is 15.0. The van der Waals surface area contributed by atoms with Crippen LogP contribution in [0, 0.1) is 0 Å². The molecule has 0 fully saturated rings. The lowest BCUT2D eigenvalue weighted by molar-refractivity contribution is 0.364. The monoisotopic (exact) mass is 367 g/mol. The summed E-state index contributed by atoms with van der Waals surface area (Å²) in [7, 11) is -9.63. The van der Waals surface area contributed by atoms with Crippen LogP contribution in [0.4, 0.5) is 25.1 Å². The van der Waals surface area contributed by atoms with E-state index in [0.717, 1.165) is 18.9 Å². The minimum atomic E-state index is -9.63. The van der Waals surface area contributed by atoms with Gasteiger partial charge in [0, 0.05) is 10.5 Å². The van der Waals surface area contributed by atoms with Crippen LogP contribution in [0.25, 0.3) is 0 Å². The summed E-state index contributed by atoms with van der Waals surface area (Å²) in [5.74, 6) is 0. The van der Waals surface area contributed by atoms with Crippen molar-refractivity contribution in [1.29, 1.82) is 0 Å². The molecule has 0 aliphatic carbocycles. The van der Waals surface area contributed by atoms with Crippen LogP contribution in [0.3, 0.4) is 0 Å². The highest BCUT2D eigenvalue weighted by Crippen LogP contribution is 3.02. The topological polar surface area (TPSA) is 12.0 Å². The molecule has 0 saturated heterocycles. The van der Waals surface area contributed by atoms with E-state index >= 15 is 0 Å². The predicted molar refractivity (Wildman–Crippen MR) is 73.5 cm³/mol. The molecule has 0 radical (unpaired) electrons. The third kappa shape index (κ3) is 4.83. The Morgan fingerprint density at radius 2 is 1.79 bits per heavy atom. The Kier molecular flexibility index (Phi) is 3.93. The number of anilines is 1. The molecule has 0 aliphatic rings. The third-order valence-electron chi connectivity index (χ3n) is 2.51. The van der Waals surface area contributed by atoms with E-state index in [2.05, 4.69) is 21.2 Å². The maximum atomic E-state index is 12.7. The Hall–Kier alpha value is -0.500. The Morgan fingerprint density at radius 3 is 2.26 bits per heavy atom. The molecule has 1 rings (SSSR count). The zero-order valence-corrected chi connectivity index (χ0v) is 12.8. The van der Waals surface area contributed by atoms with Gasteiger partial charge in [0.25, 0.3) is 0 Å². The second-order valence-corrected chi connectivity index (χ2v) is 7.71. The van der Waals surface area contributed by atoms with Crippen LogP contribution in [0.1, 0.15) is 26.7 Å². The molecule has 8 heteroatoms. The van der Waals surface area contributed by atoms with Crippen LogP contribution in [-0.4, -0.2) is 6.04 Å². The van der Waals surface area contributed by atoms with Crippen molar-refractivity contribution in [2.45, 2.75) is 37.6 Å². The fraction of sp³-hybridized carbons (Fsp3) is 0.455. The number of halogens is 6. The number of hydrogen-bond acceptors (Lipinski definition) is 1. The van der Waals surface area contributed by atoms with Crippen molar-refractivity contribution in [3.8, 4) is 0 Å². The standard InChI is InChI=1S/C11H15BrF5NS/c1-3-4-8(2)18-11-7-9(5-6-10(11)12)19(13,14,15,16)17/h5-8,18H,3-4H2,1-2H3. The van der Waals surface area contributed by atoms with Gasteiger partial charge in [-0.25, -0.2) is 0 Å². The largest absolute Gasteiger partial charge is 0.382 e. The SMILES string of the molecule is CCCC(C)Nc1cc(S(F)(F)(F)(F)F)ccc1Br. The number of rotatable bonds is 5. The van der Waals surface area contributed by atoms with E-state index in [1.54, 1.807) is 6.92 Å². The summed E-state index contributed by atoms with van der Waals surface area (Å²) in [5, 5.41) is 2.80. The molecule has 1 aromatic rings. The quantitative estimate of drug-likeness (QED) is 0.570. The van der Waals surface area contributed by atoms with Gasteiger partial charge in [0.2, 0.25) is 0 Å². The summed E-state index contributed by atoms with van der Waals surface area (Å²) < 4.78 is 63.8. The van der Waals surface area contributed by atoms with E-state index in [1.165, 1.54) is 0 Å². The van der Waals surface area contributed by atoms with E-state index in [-0.39, 0.29) is 11.7 Å². The van der Waals surface area contributed by atoms with Gasteiger partial charge in [-0.05, 0) is 47.5 Å². The van der Waals surface area contributed by atoms with E-state index < -0.39 is 15.1 Å². The normalized spacial score (nSPS) is 17.5. The van der Waals surface area contributed by atoms with Crippen LogP contribution < -0.4 is 5.32 Å². The molecule has 0 bridgehead atoms. The first kappa shape index (κ1) is 16.6. The van der Waals surface area contributed by atoms with Gasteiger partial charge in [0.05, 0.1) is 5.69 Å². The van der Waals surface area contributed by atoms with E-state index in [1.807, 2.05) is 6.92 Å². The molecule has 1 unspecified atom stereocenters. The second-order valence-electron chi connectivity index (χ2n) is 4.44. The zero-order valence-electron chi connectivity index (χ0n) is 10.4. The van der Waals surface area contributed by atoms with Gasteiger partial charge >= 0.3 is 10.2 Å². The molecule has 0 heterocycles. The molecule has 0 spiro atoms. The lowest BCUT2D eigenvalue weighted by Gasteiger charge is -2.40. The van der Waals surface area contributed by atoms with Gasteiger partial charge in [-0.3, -0.25) is 0 Å². The van der Waals surface area contributed by atoms with Crippen molar-refractivity contribution in [1.82, 2.24) is 0 Å². The third-order valence-corrected chi connectivity index (χ3v) is 4.34. The van der Waals surface area contributed by atoms with Gasteiger partial charge in [0.15, 0.2) is 0 Å². The van der Waals surface area contributed by atoms with Crippen molar-refractivity contribution in [3.63, 3.8) is 0 Å². The molecule has 0 amide bonds. The van der Waals surface area contributed by atoms with Crippen molar-refractivity contribution in [3.05, 3.63) is 22.7 Å². The molecule has 1 aromatic carbocycles. The molecule has 112 valence electrons. The second kappa shape index (κ2) is 4.51. The maximum absolute atomic E-state index is 12.7. The first-order chi connectivity index (χ1) is 8.33. The molecule has 0 aromatic heterocycles. The first-order valence-corrected chi connectivity index (χ1v) is 8.38. The van der Waals surface area contributed by atoms with Gasteiger partial charge < -0.3 is 5.32 Å². The summed E-state index contributed by atoms with van der Waals surface area (Å²) in [4.78, 5) is -1.88. The highest BCUT2D eigenvalue weighted by atomic mass is 79.9. The summed E-state index contributed by atoms with van der Waals surface area (Å²) in [6.45, 7) is 3.71. The fourth-order valence-electron chi connectivity index (χ4n) is 1.63. The lowest BCUT2D eigenvalue weighted by Crippen LogP contribution is -2.15. The van der Waals surface area contributed by atoms with Gasteiger partial charge in [-0.15, -0.1) is 0 Å². The number of nitrogens with one attached hydrogen (secondary N) is 1. The Labute approximate surface area is 117 Å². The van der Waals surface area contributed by atoms with Gasteiger partial charge in [-0.2, -0.15) is 0 Å². The molecular weight excluding hydrogens is 353 g/mol. The van der Waals surface area contributed by atoms with Crippen LogP contribution in [-0.2, 0) is 0 Å². The smallest absolute Gasteiger partial charge is 0.310 e. The van der Waals surface area contributed by atoms with E-state index in [0.29, 0.717) is 16.6 Å². The van der Waals surface area contributed by atoms with E-state index in [9.17, 15) is 19.4 Å². The van der Waals surface area contributed by atoms with Crippen LogP contribution >= 0.6 is 26.2 Å². The average Bonchev–Trinajstić information content (AvgIpc) is 2.17. The highest BCUT2D eigenvalue weighted by molar-refractivity contribution is 9.10. The first-order valence-electron chi connectivity index (χ1n) is 5.63. The minimum Gasteiger partial charge on any atom is -0.382 e. The van der Waals surface area contributed by atoms with Crippen LogP contribution in [0.2, 0.25) is 0 Å². The molecule has 1 N–H and O–H groups in total. The molecule has 1 atom stereocenters.